The Morgan fingerprint density at radius 2 is 2.03 bits per heavy atom. The first kappa shape index (κ1) is 20.7. The summed E-state index contributed by atoms with van der Waals surface area (Å²) in [7, 11) is 1.64. The summed E-state index contributed by atoms with van der Waals surface area (Å²) in [5, 5.41) is 19.0. The lowest BCUT2D eigenvalue weighted by Gasteiger charge is -2.19. The minimum atomic E-state index is -0.277. The highest BCUT2D eigenvalue weighted by Crippen LogP contribution is 2.35. The van der Waals surface area contributed by atoms with Crippen LogP contribution >= 0.6 is 11.8 Å². The maximum absolute atomic E-state index is 13.2. The van der Waals surface area contributed by atoms with Gasteiger partial charge in [-0.1, -0.05) is 24.6 Å². The average Bonchev–Trinajstić information content (AvgIpc) is 3.63. The number of amides is 1. The molecule has 0 bridgehead atoms. The van der Waals surface area contributed by atoms with Crippen LogP contribution in [0.3, 0.4) is 0 Å². The zero-order chi connectivity index (χ0) is 21.9. The molecule has 0 unspecified atom stereocenters. The number of aromatic nitrogens is 4. The second-order valence-electron chi connectivity index (χ2n) is 7.88. The van der Waals surface area contributed by atoms with Gasteiger partial charge in [0.05, 0.1) is 30.9 Å². The molecule has 0 saturated heterocycles. The Morgan fingerprint density at radius 3 is 2.75 bits per heavy atom. The number of furan rings is 1. The second-order valence-corrected chi connectivity index (χ2v) is 8.82. The smallest absolute Gasteiger partial charge is 0.253 e. The number of carbonyl (C=O) groups excluding carboxylic acids is 1. The SMILES string of the molecule is COc1ccc(C2=NN(C(=O)CSc3nnnn3C3CCCC3)[C@H](c3ccco3)C2)cc1. The summed E-state index contributed by atoms with van der Waals surface area (Å²) >= 11 is 1.36. The molecule has 32 heavy (non-hydrogen) atoms. The first-order valence-corrected chi connectivity index (χ1v) is 11.7. The van der Waals surface area contributed by atoms with Gasteiger partial charge in [-0.2, -0.15) is 5.10 Å². The van der Waals surface area contributed by atoms with Crippen LogP contribution in [0.15, 0.2) is 57.3 Å². The van der Waals surface area contributed by atoms with Crippen molar-refractivity contribution in [2.24, 2.45) is 5.10 Å². The van der Waals surface area contributed by atoms with Crippen molar-refractivity contribution in [2.45, 2.75) is 49.3 Å². The number of hydrogen-bond acceptors (Lipinski definition) is 8. The molecule has 9 nitrogen and oxygen atoms in total. The average molecular weight is 453 g/mol. The Labute approximate surface area is 189 Å². The predicted molar refractivity (Wildman–Crippen MR) is 118 cm³/mol. The molecule has 1 amide bonds. The number of hydrazone groups is 1. The summed E-state index contributed by atoms with van der Waals surface area (Å²) in [6, 6.07) is 11.4. The van der Waals surface area contributed by atoms with Crippen molar-refractivity contribution in [3.8, 4) is 5.75 Å². The molecule has 0 N–H and O–H groups in total. The van der Waals surface area contributed by atoms with E-state index in [4.69, 9.17) is 9.15 Å². The lowest BCUT2D eigenvalue weighted by Crippen LogP contribution is -2.28. The number of rotatable bonds is 7. The number of carbonyl (C=O) groups is 1. The molecular weight excluding hydrogens is 428 g/mol. The van der Waals surface area contributed by atoms with Crippen LogP contribution in [0, 0.1) is 0 Å². The first-order valence-electron chi connectivity index (χ1n) is 10.7. The minimum Gasteiger partial charge on any atom is -0.497 e. The van der Waals surface area contributed by atoms with Gasteiger partial charge in [-0.15, -0.1) is 5.10 Å². The third-order valence-corrected chi connectivity index (χ3v) is 6.84. The number of nitrogens with zero attached hydrogens (tertiary/aromatic N) is 6. The third kappa shape index (κ3) is 4.14. The van der Waals surface area contributed by atoms with Crippen LogP contribution < -0.4 is 4.74 Å². The van der Waals surface area contributed by atoms with Gasteiger partial charge in [0.25, 0.3) is 5.91 Å². The van der Waals surface area contributed by atoms with Crippen LogP contribution in [0.25, 0.3) is 0 Å². The fourth-order valence-electron chi connectivity index (χ4n) is 4.25. The van der Waals surface area contributed by atoms with Crippen LogP contribution in [-0.4, -0.2) is 49.7 Å². The standard InChI is InChI=1S/C22H24N6O3S/c1-30-17-10-8-15(9-11-17)18-13-19(20-7-4-12-31-20)28(24-18)21(29)14-32-22-23-25-26-27(22)16-5-2-3-6-16/h4,7-12,16,19H,2-3,5-6,13-14H2,1H3/t19-/m0/s1. The van der Waals surface area contributed by atoms with Crippen molar-refractivity contribution in [1.82, 2.24) is 25.2 Å². The van der Waals surface area contributed by atoms with Crippen LogP contribution in [-0.2, 0) is 4.79 Å². The van der Waals surface area contributed by atoms with E-state index < -0.39 is 0 Å². The normalized spacial score (nSPS) is 18.8. The fraction of sp³-hybridized carbons (Fsp3) is 0.409. The van der Waals surface area contributed by atoms with Crippen molar-refractivity contribution in [3.63, 3.8) is 0 Å². The maximum atomic E-state index is 13.2. The summed E-state index contributed by atoms with van der Waals surface area (Å²) in [4.78, 5) is 13.2. The number of tetrazole rings is 1. The maximum Gasteiger partial charge on any atom is 0.253 e. The summed E-state index contributed by atoms with van der Waals surface area (Å²) in [5.74, 6) is 1.58. The minimum absolute atomic E-state index is 0.110. The number of thioether (sulfide) groups is 1. The van der Waals surface area contributed by atoms with Gasteiger partial charge in [0.1, 0.15) is 17.6 Å². The van der Waals surface area contributed by atoms with Gasteiger partial charge in [0.2, 0.25) is 5.16 Å². The van der Waals surface area contributed by atoms with Crippen molar-refractivity contribution in [3.05, 3.63) is 54.0 Å². The zero-order valence-electron chi connectivity index (χ0n) is 17.8. The lowest BCUT2D eigenvalue weighted by molar-refractivity contribution is -0.130. The van der Waals surface area contributed by atoms with E-state index in [1.165, 1.54) is 29.6 Å². The van der Waals surface area contributed by atoms with E-state index in [1.54, 1.807) is 13.4 Å². The molecule has 1 aliphatic carbocycles. The van der Waals surface area contributed by atoms with Crippen LogP contribution in [0.4, 0.5) is 0 Å². The molecule has 1 aromatic carbocycles. The van der Waals surface area contributed by atoms with Gasteiger partial charge in [0.15, 0.2) is 0 Å². The van der Waals surface area contributed by atoms with E-state index in [0.29, 0.717) is 23.4 Å². The van der Waals surface area contributed by atoms with Gasteiger partial charge in [-0.25, -0.2) is 9.69 Å². The largest absolute Gasteiger partial charge is 0.497 e. The van der Waals surface area contributed by atoms with Crippen LogP contribution in [0.2, 0.25) is 0 Å². The van der Waals surface area contributed by atoms with Gasteiger partial charge in [-0.05, 0) is 65.2 Å². The van der Waals surface area contributed by atoms with E-state index in [0.717, 1.165) is 29.9 Å². The molecular formula is C22H24N6O3S. The van der Waals surface area contributed by atoms with Crippen molar-refractivity contribution in [2.75, 3.05) is 12.9 Å². The third-order valence-electron chi connectivity index (χ3n) is 5.92. The number of methoxy groups -OCH3 is 1. The van der Waals surface area contributed by atoms with Crippen molar-refractivity contribution in [1.29, 1.82) is 0 Å². The number of ether oxygens (including phenoxy) is 1. The quantitative estimate of drug-likeness (QED) is 0.502. The topological polar surface area (TPSA) is 98.6 Å². The first-order chi connectivity index (χ1) is 15.7. The van der Waals surface area contributed by atoms with Gasteiger partial charge < -0.3 is 9.15 Å². The molecule has 5 rings (SSSR count). The lowest BCUT2D eigenvalue weighted by atomic mass is 10.0. The van der Waals surface area contributed by atoms with Crippen molar-refractivity contribution < 1.29 is 13.9 Å². The Morgan fingerprint density at radius 1 is 1.22 bits per heavy atom. The summed E-state index contributed by atoms with van der Waals surface area (Å²) in [5.41, 5.74) is 1.79. The van der Waals surface area contributed by atoms with E-state index >= 15 is 0 Å². The number of hydrogen-bond donors (Lipinski definition) is 0. The molecule has 1 saturated carbocycles. The molecule has 0 spiro atoms. The summed E-state index contributed by atoms with van der Waals surface area (Å²) in [6.45, 7) is 0. The Balaban J connectivity index is 1.33. The predicted octanol–water partition coefficient (Wildman–Crippen LogP) is 3.86. The molecule has 3 aromatic rings. The van der Waals surface area contributed by atoms with Crippen LogP contribution in [0.5, 0.6) is 5.75 Å². The van der Waals surface area contributed by atoms with Gasteiger partial charge >= 0.3 is 0 Å². The van der Waals surface area contributed by atoms with Crippen LogP contribution in [0.1, 0.15) is 55.5 Å². The molecule has 1 aliphatic heterocycles. The Kier molecular flexibility index (Phi) is 5.93. The van der Waals surface area contributed by atoms with E-state index in [9.17, 15) is 4.79 Å². The molecule has 1 fully saturated rings. The summed E-state index contributed by atoms with van der Waals surface area (Å²) in [6.07, 6.45) is 6.73. The Bertz CT molecular complexity index is 1090. The highest BCUT2D eigenvalue weighted by Gasteiger charge is 2.35. The van der Waals surface area contributed by atoms with E-state index in [-0.39, 0.29) is 17.7 Å². The second kappa shape index (κ2) is 9.15. The molecule has 166 valence electrons. The molecule has 0 radical (unpaired) electrons. The summed E-state index contributed by atoms with van der Waals surface area (Å²) < 4.78 is 12.7. The number of benzene rings is 1. The molecule has 10 heteroatoms. The fourth-order valence-corrected chi connectivity index (χ4v) is 5.05. The van der Waals surface area contributed by atoms with Gasteiger partial charge in [0, 0.05) is 6.42 Å². The molecule has 2 aromatic heterocycles. The van der Waals surface area contributed by atoms with E-state index in [1.807, 2.05) is 41.1 Å². The molecule has 3 heterocycles. The molecule has 1 atom stereocenters. The highest BCUT2D eigenvalue weighted by molar-refractivity contribution is 7.99. The van der Waals surface area contributed by atoms with Gasteiger partial charge in [-0.3, -0.25) is 4.79 Å². The van der Waals surface area contributed by atoms with E-state index in [2.05, 4.69) is 20.6 Å². The van der Waals surface area contributed by atoms with Crippen molar-refractivity contribution >= 4 is 23.4 Å². The highest BCUT2D eigenvalue weighted by atomic mass is 32.2. The molecule has 2 aliphatic rings. The zero-order valence-corrected chi connectivity index (χ0v) is 18.6. The monoisotopic (exact) mass is 452 g/mol. The Hall–Kier alpha value is -3.14.